The molecule has 20 heavy (non-hydrogen) atoms. The largest absolute Gasteiger partial charge is 0.397 e. The van der Waals surface area contributed by atoms with Crippen molar-refractivity contribution in [2.45, 2.75) is 6.92 Å². The second kappa shape index (κ2) is 5.33. The van der Waals surface area contributed by atoms with Gasteiger partial charge in [0.05, 0.1) is 11.4 Å². The number of benzene rings is 2. The minimum atomic E-state index is -0.316. The van der Waals surface area contributed by atoms with Gasteiger partial charge in [0.1, 0.15) is 5.82 Å². The zero-order valence-electron chi connectivity index (χ0n) is 11.8. The maximum Gasteiger partial charge on any atom is 0.193 e. The minimum Gasteiger partial charge on any atom is -0.397 e. The highest BCUT2D eigenvalue weighted by Crippen LogP contribution is 2.24. The third-order valence-electron chi connectivity index (χ3n) is 3.19. The third-order valence-corrected chi connectivity index (χ3v) is 3.19. The van der Waals surface area contributed by atoms with Gasteiger partial charge in [0.25, 0.3) is 0 Å². The van der Waals surface area contributed by atoms with Gasteiger partial charge in [-0.15, -0.1) is 0 Å². The molecule has 0 atom stereocenters. The number of carbonyl (C=O) groups is 1. The second-order valence-electron chi connectivity index (χ2n) is 4.96. The van der Waals surface area contributed by atoms with Gasteiger partial charge in [-0.3, -0.25) is 4.79 Å². The SMILES string of the molecule is Cc1cc(C(=O)c2ccc(N(C)C)c(N)c2)ccc1F. The van der Waals surface area contributed by atoms with E-state index in [0.29, 0.717) is 22.4 Å². The standard InChI is InChI=1S/C16H17FN2O/c1-10-8-11(4-6-13(10)17)16(20)12-5-7-15(19(2)3)14(18)9-12/h4-9H,18H2,1-3H3. The summed E-state index contributed by atoms with van der Waals surface area (Å²) in [7, 11) is 3.77. The summed E-state index contributed by atoms with van der Waals surface area (Å²) in [6, 6.07) is 9.52. The Morgan fingerprint density at radius 2 is 1.70 bits per heavy atom. The van der Waals surface area contributed by atoms with Crippen LogP contribution in [0.3, 0.4) is 0 Å². The van der Waals surface area contributed by atoms with Crippen molar-refractivity contribution in [1.82, 2.24) is 0 Å². The molecule has 0 amide bonds. The Bertz CT molecular complexity index is 666. The van der Waals surface area contributed by atoms with Crippen LogP contribution < -0.4 is 10.6 Å². The van der Waals surface area contributed by atoms with E-state index >= 15 is 0 Å². The molecular formula is C16H17FN2O. The molecule has 0 spiro atoms. The number of nitrogen functional groups attached to an aromatic ring is 1. The Kier molecular flexibility index (Phi) is 3.74. The van der Waals surface area contributed by atoms with Crippen LogP contribution in [0.15, 0.2) is 36.4 Å². The highest BCUT2D eigenvalue weighted by atomic mass is 19.1. The molecule has 3 nitrogen and oxygen atoms in total. The molecule has 0 aliphatic rings. The molecule has 4 heteroatoms. The molecule has 0 aliphatic heterocycles. The molecule has 0 bridgehead atoms. The Labute approximate surface area is 117 Å². The van der Waals surface area contributed by atoms with E-state index in [2.05, 4.69) is 0 Å². The van der Waals surface area contributed by atoms with Crippen molar-refractivity contribution >= 4 is 17.2 Å². The van der Waals surface area contributed by atoms with Gasteiger partial charge < -0.3 is 10.6 Å². The maximum atomic E-state index is 13.2. The predicted molar refractivity (Wildman–Crippen MR) is 79.8 cm³/mol. The normalized spacial score (nSPS) is 10.4. The fraction of sp³-hybridized carbons (Fsp3) is 0.188. The monoisotopic (exact) mass is 272 g/mol. The van der Waals surface area contributed by atoms with Crippen molar-refractivity contribution in [2.75, 3.05) is 24.7 Å². The van der Waals surface area contributed by atoms with Crippen LogP contribution in [0.5, 0.6) is 0 Å². The van der Waals surface area contributed by atoms with E-state index in [4.69, 9.17) is 5.73 Å². The van der Waals surface area contributed by atoms with E-state index in [1.165, 1.54) is 12.1 Å². The van der Waals surface area contributed by atoms with Crippen molar-refractivity contribution in [3.05, 3.63) is 58.9 Å². The van der Waals surface area contributed by atoms with Gasteiger partial charge in [0.15, 0.2) is 5.78 Å². The van der Waals surface area contributed by atoms with Crippen molar-refractivity contribution in [1.29, 1.82) is 0 Å². The number of hydrogen-bond acceptors (Lipinski definition) is 3. The van der Waals surface area contributed by atoms with Crippen LogP contribution in [0.2, 0.25) is 0 Å². The van der Waals surface area contributed by atoms with Crippen LogP contribution >= 0.6 is 0 Å². The van der Waals surface area contributed by atoms with Crippen molar-refractivity contribution in [3.8, 4) is 0 Å². The topological polar surface area (TPSA) is 46.3 Å². The lowest BCUT2D eigenvalue weighted by atomic mass is 10.0. The fourth-order valence-corrected chi connectivity index (χ4v) is 2.06. The molecular weight excluding hydrogens is 255 g/mol. The second-order valence-corrected chi connectivity index (χ2v) is 4.96. The Hall–Kier alpha value is -2.36. The average molecular weight is 272 g/mol. The quantitative estimate of drug-likeness (QED) is 0.690. The van der Waals surface area contributed by atoms with Crippen LogP contribution in [-0.4, -0.2) is 19.9 Å². The first-order chi connectivity index (χ1) is 9.40. The van der Waals surface area contributed by atoms with Crippen LogP contribution in [0.4, 0.5) is 15.8 Å². The van der Waals surface area contributed by atoms with Crippen LogP contribution in [0.25, 0.3) is 0 Å². The zero-order chi connectivity index (χ0) is 14.9. The molecule has 0 aromatic heterocycles. The number of rotatable bonds is 3. The molecule has 2 aromatic carbocycles. The third kappa shape index (κ3) is 2.64. The molecule has 0 radical (unpaired) electrons. The van der Waals surface area contributed by atoms with Gasteiger partial charge in [0.2, 0.25) is 0 Å². The van der Waals surface area contributed by atoms with E-state index in [1.807, 2.05) is 19.0 Å². The predicted octanol–water partition coefficient (Wildman–Crippen LogP) is 3.01. The summed E-state index contributed by atoms with van der Waals surface area (Å²) in [5, 5.41) is 0. The van der Waals surface area contributed by atoms with Crippen molar-refractivity contribution in [3.63, 3.8) is 0 Å². The first-order valence-corrected chi connectivity index (χ1v) is 6.28. The lowest BCUT2D eigenvalue weighted by Crippen LogP contribution is -2.12. The van der Waals surface area contributed by atoms with Gasteiger partial charge in [-0.2, -0.15) is 0 Å². The summed E-state index contributed by atoms with van der Waals surface area (Å²) in [6.07, 6.45) is 0. The van der Waals surface area contributed by atoms with Crippen molar-refractivity contribution < 1.29 is 9.18 Å². The number of aryl methyl sites for hydroxylation is 1. The fourth-order valence-electron chi connectivity index (χ4n) is 2.06. The summed E-state index contributed by atoms with van der Waals surface area (Å²) in [5.41, 5.74) is 8.75. The van der Waals surface area contributed by atoms with E-state index < -0.39 is 0 Å². The molecule has 104 valence electrons. The number of carbonyl (C=O) groups excluding carboxylic acids is 1. The first-order valence-electron chi connectivity index (χ1n) is 6.28. The Morgan fingerprint density at radius 3 is 2.25 bits per heavy atom. The number of anilines is 2. The molecule has 0 saturated carbocycles. The zero-order valence-corrected chi connectivity index (χ0v) is 11.8. The lowest BCUT2D eigenvalue weighted by Gasteiger charge is -2.15. The summed E-state index contributed by atoms with van der Waals surface area (Å²) in [5.74, 6) is -0.478. The molecule has 2 aromatic rings. The number of nitrogens with zero attached hydrogens (tertiary/aromatic N) is 1. The van der Waals surface area contributed by atoms with Crippen LogP contribution in [0, 0.1) is 12.7 Å². The molecule has 2 N–H and O–H groups in total. The minimum absolute atomic E-state index is 0.162. The van der Waals surface area contributed by atoms with E-state index in [1.54, 1.807) is 31.2 Å². The molecule has 0 unspecified atom stereocenters. The van der Waals surface area contributed by atoms with E-state index in [9.17, 15) is 9.18 Å². The highest BCUT2D eigenvalue weighted by molar-refractivity contribution is 6.09. The molecule has 0 heterocycles. The first kappa shape index (κ1) is 14.1. The average Bonchev–Trinajstić information content (AvgIpc) is 2.40. The molecule has 0 aliphatic carbocycles. The smallest absolute Gasteiger partial charge is 0.193 e. The Morgan fingerprint density at radius 1 is 1.10 bits per heavy atom. The van der Waals surface area contributed by atoms with Crippen molar-refractivity contribution in [2.24, 2.45) is 0 Å². The summed E-state index contributed by atoms with van der Waals surface area (Å²) >= 11 is 0. The molecule has 0 fully saturated rings. The molecule has 0 saturated heterocycles. The van der Waals surface area contributed by atoms with Crippen LogP contribution in [-0.2, 0) is 0 Å². The van der Waals surface area contributed by atoms with E-state index in [0.717, 1.165) is 5.69 Å². The summed E-state index contributed by atoms with van der Waals surface area (Å²) in [6.45, 7) is 1.63. The van der Waals surface area contributed by atoms with Crippen LogP contribution in [0.1, 0.15) is 21.5 Å². The number of hydrogen-bond donors (Lipinski definition) is 1. The van der Waals surface area contributed by atoms with Gasteiger partial charge in [-0.05, 0) is 48.9 Å². The summed E-state index contributed by atoms with van der Waals surface area (Å²) in [4.78, 5) is 14.2. The number of nitrogens with two attached hydrogens (primary N) is 1. The summed E-state index contributed by atoms with van der Waals surface area (Å²) < 4.78 is 13.2. The Balaban J connectivity index is 2.38. The van der Waals surface area contributed by atoms with E-state index in [-0.39, 0.29) is 11.6 Å². The maximum absolute atomic E-state index is 13.2. The molecule has 2 rings (SSSR count). The number of halogens is 1. The van der Waals surface area contributed by atoms with Gasteiger partial charge in [-0.25, -0.2) is 4.39 Å². The van der Waals surface area contributed by atoms with Gasteiger partial charge in [-0.1, -0.05) is 0 Å². The number of ketones is 1. The van der Waals surface area contributed by atoms with Gasteiger partial charge in [0, 0.05) is 25.2 Å². The van der Waals surface area contributed by atoms with Gasteiger partial charge >= 0.3 is 0 Å². The lowest BCUT2D eigenvalue weighted by molar-refractivity contribution is 0.103. The highest BCUT2D eigenvalue weighted by Gasteiger charge is 2.12.